The van der Waals surface area contributed by atoms with Gasteiger partial charge in [-0.25, -0.2) is 9.97 Å². The van der Waals surface area contributed by atoms with Gasteiger partial charge in [-0.3, -0.25) is 0 Å². The van der Waals surface area contributed by atoms with Gasteiger partial charge in [0, 0.05) is 19.2 Å². The van der Waals surface area contributed by atoms with E-state index in [1.807, 2.05) is 25.1 Å². The van der Waals surface area contributed by atoms with Gasteiger partial charge < -0.3 is 14.6 Å². The van der Waals surface area contributed by atoms with Gasteiger partial charge in [0.05, 0.1) is 12.8 Å². The van der Waals surface area contributed by atoms with Crippen molar-refractivity contribution < 1.29 is 4.42 Å². The van der Waals surface area contributed by atoms with Crippen molar-refractivity contribution in [2.75, 3.05) is 23.3 Å². The molecular formula is C16H22N4O. The molecule has 3 rings (SSSR count). The van der Waals surface area contributed by atoms with Crippen molar-refractivity contribution in [3.8, 4) is 0 Å². The maximum absolute atomic E-state index is 5.33. The molecule has 2 aromatic rings. The van der Waals surface area contributed by atoms with Gasteiger partial charge >= 0.3 is 0 Å². The van der Waals surface area contributed by atoms with Crippen molar-refractivity contribution in [2.45, 2.75) is 33.2 Å². The van der Waals surface area contributed by atoms with E-state index in [1.54, 1.807) is 6.26 Å². The first-order valence-electron chi connectivity index (χ1n) is 7.57. The molecule has 0 aromatic carbocycles. The first-order valence-corrected chi connectivity index (χ1v) is 7.57. The Bertz CT molecular complexity index is 574. The van der Waals surface area contributed by atoms with Crippen LogP contribution in [0.3, 0.4) is 0 Å². The molecule has 2 aromatic heterocycles. The summed E-state index contributed by atoms with van der Waals surface area (Å²) >= 11 is 0. The van der Waals surface area contributed by atoms with Gasteiger partial charge in [-0.15, -0.1) is 0 Å². The molecular weight excluding hydrogens is 264 g/mol. The van der Waals surface area contributed by atoms with E-state index in [0.29, 0.717) is 6.54 Å². The number of hydrogen-bond donors (Lipinski definition) is 1. The third-order valence-corrected chi connectivity index (χ3v) is 3.96. The number of furan rings is 1. The lowest BCUT2D eigenvalue weighted by molar-refractivity contribution is 0.436. The SMILES string of the molecule is Cc1nc(NCc2ccco2)cc(N2CCC(C)CC2)n1. The lowest BCUT2D eigenvalue weighted by Gasteiger charge is -2.31. The quantitative estimate of drug-likeness (QED) is 0.935. The molecule has 0 aliphatic carbocycles. The van der Waals surface area contributed by atoms with E-state index in [-0.39, 0.29) is 0 Å². The van der Waals surface area contributed by atoms with Crippen LogP contribution in [0.1, 0.15) is 31.4 Å². The first kappa shape index (κ1) is 13.9. The molecule has 1 fully saturated rings. The van der Waals surface area contributed by atoms with E-state index in [0.717, 1.165) is 42.2 Å². The highest BCUT2D eigenvalue weighted by atomic mass is 16.3. The summed E-state index contributed by atoms with van der Waals surface area (Å²) in [6, 6.07) is 5.88. The Morgan fingerprint density at radius 1 is 1.33 bits per heavy atom. The molecule has 112 valence electrons. The Kier molecular flexibility index (Phi) is 4.08. The van der Waals surface area contributed by atoms with E-state index < -0.39 is 0 Å². The minimum absolute atomic E-state index is 0.639. The smallest absolute Gasteiger partial charge is 0.134 e. The number of nitrogens with one attached hydrogen (secondary N) is 1. The molecule has 0 saturated carbocycles. The first-order chi connectivity index (χ1) is 10.2. The van der Waals surface area contributed by atoms with Crippen molar-refractivity contribution in [1.82, 2.24) is 9.97 Å². The fraction of sp³-hybridized carbons (Fsp3) is 0.500. The summed E-state index contributed by atoms with van der Waals surface area (Å²) in [5.74, 6) is 4.40. The predicted octanol–water partition coefficient (Wildman–Crippen LogP) is 3.23. The number of hydrogen-bond acceptors (Lipinski definition) is 5. The summed E-state index contributed by atoms with van der Waals surface area (Å²) < 4.78 is 5.33. The van der Waals surface area contributed by atoms with Gasteiger partial charge in [-0.05, 0) is 37.8 Å². The molecule has 0 amide bonds. The van der Waals surface area contributed by atoms with E-state index in [9.17, 15) is 0 Å². The summed E-state index contributed by atoms with van der Waals surface area (Å²) in [5, 5.41) is 3.30. The number of rotatable bonds is 4. The average Bonchev–Trinajstić information content (AvgIpc) is 2.99. The van der Waals surface area contributed by atoms with Crippen LogP contribution in [0.5, 0.6) is 0 Å². The van der Waals surface area contributed by atoms with Crippen LogP contribution in [0.4, 0.5) is 11.6 Å². The maximum atomic E-state index is 5.33. The lowest BCUT2D eigenvalue weighted by Crippen LogP contribution is -2.33. The summed E-state index contributed by atoms with van der Waals surface area (Å²) in [6.07, 6.45) is 4.15. The fourth-order valence-electron chi connectivity index (χ4n) is 2.63. The number of aryl methyl sites for hydroxylation is 1. The normalized spacial score (nSPS) is 16.2. The molecule has 5 heteroatoms. The molecule has 21 heavy (non-hydrogen) atoms. The van der Waals surface area contributed by atoms with Crippen LogP contribution in [0.2, 0.25) is 0 Å². The molecule has 0 bridgehead atoms. The Balaban J connectivity index is 1.70. The van der Waals surface area contributed by atoms with Crippen molar-refractivity contribution in [2.24, 2.45) is 5.92 Å². The molecule has 1 aliphatic rings. The van der Waals surface area contributed by atoms with E-state index in [2.05, 4.69) is 27.1 Å². The zero-order valence-electron chi connectivity index (χ0n) is 12.7. The number of piperidine rings is 1. The monoisotopic (exact) mass is 286 g/mol. The second-order valence-electron chi connectivity index (χ2n) is 5.76. The topological polar surface area (TPSA) is 54.2 Å². The van der Waals surface area contributed by atoms with Crippen LogP contribution < -0.4 is 10.2 Å². The maximum Gasteiger partial charge on any atom is 0.134 e. The highest BCUT2D eigenvalue weighted by Gasteiger charge is 2.17. The third-order valence-electron chi connectivity index (χ3n) is 3.96. The van der Waals surface area contributed by atoms with Gasteiger partial charge in [-0.1, -0.05) is 6.92 Å². The Hall–Kier alpha value is -2.04. The molecule has 0 spiro atoms. The molecule has 1 aliphatic heterocycles. The van der Waals surface area contributed by atoms with E-state index in [1.165, 1.54) is 12.8 Å². The molecule has 1 saturated heterocycles. The third kappa shape index (κ3) is 3.54. The molecule has 0 radical (unpaired) electrons. The fourth-order valence-corrected chi connectivity index (χ4v) is 2.63. The van der Waals surface area contributed by atoms with Crippen LogP contribution in [-0.4, -0.2) is 23.1 Å². The van der Waals surface area contributed by atoms with E-state index in [4.69, 9.17) is 4.42 Å². The number of nitrogens with zero attached hydrogens (tertiary/aromatic N) is 3. The van der Waals surface area contributed by atoms with Crippen molar-refractivity contribution in [3.63, 3.8) is 0 Å². The predicted molar refractivity (Wildman–Crippen MR) is 83.4 cm³/mol. The van der Waals surface area contributed by atoms with Gasteiger partial charge in [0.25, 0.3) is 0 Å². The van der Waals surface area contributed by atoms with Crippen molar-refractivity contribution in [3.05, 3.63) is 36.0 Å². The lowest BCUT2D eigenvalue weighted by atomic mass is 9.99. The molecule has 5 nitrogen and oxygen atoms in total. The molecule has 0 atom stereocenters. The van der Waals surface area contributed by atoms with Crippen LogP contribution in [0.25, 0.3) is 0 Å². The Labute approximate surface area is 125 Å². The van der Waals surface area contributed by atoms with Crippen LogP contribution >= 0.6 is 0 Å². The van der Waals surface area contributed by atoms with Gasteiger partial charge in [0.1, 0.15) is 23.2 Å². The zero-order valence-corrected chi connectivity index (χ0v) is 12.7. The molecule has 1 N–H and O–H groups in total. The largest absolute Gasteiger partial charge is 0.467 e. The molecule has 3 heterocycles. The Morgan fingerprint density at radius 3 is 2.86 bits per heavy atom. The highest BCUT2D eigenvalue weighted by molar-refractivity contribution is 5.49. The average molecular weight is 286 g/mol. The highest BCUT2D eigenvalue weighted by Crippen LogP contribution is 2.23. The zero-order chi connectivity index (χ0) is 14.7. The number of aromatic nitrogens is 2. The van der Waals surface area contributed by atoms with Gasteiger partial charge in [-0.2, -0.15) is 0 Å². The van der Waals surface area contributed by atoms with Crippen LogP contribution in [0, 0.1) is 12.8 Å². The van der Waals surface area contributed by atoms with Crippen molar-refractivity contribution >= 4 is 11.6 Å². The standard InChI is InChI=1S/C16H22N4O/c1-12-5-7-20(8-6-12)16-10-15(18-13(2)19-16)17-11-14-4-3-9-21-14/h3-4,9-10,12H,5-8,11H2,1-2H3,(H,17,18,19). The van der Waals surface area contributed by atoms with Gasteiger partial charge in [0.15, 0.2) is 0 Å². The summed E-state index contributed by atoms with van der Waals surface area (Å²) in [5.41, 5.74) is 0. The minimum atomic E-state index is 0.639. The second kappa shape index (κ2) is 6.16. The summed E-state index contributed by atoms with van der Waals surface area (Å²) in [4.78, 5) is 11.4. The summed E-state index contributed by atoms with van der Waals surface area (Å²) in [6.45, 7) is 7.05. The number of anilines is 2. The molecule has 0 unspecified atom stereocenters. The van der Waals surface area contributed by atoms with Gasteiger partial charge in [0.2, 0.25) is 0 Å². The minimum Gasteiger partial charge on any atom is -0.467 e. The summed E-state index contributed by atoms with van der Waals surface area (Å²) in [7, 11) is 0. The van der Waals surface area contributed by atoms with Crippen LogP contribution in [-0.2, 0) is 6.54 Å². The van der Waals surface area contributed by atoms with Crippen LogP contribution in [0.15, 0.2) is 28.9 Å². The van der Waals surface area contributed by atoms with Crippen molar-refractivity contribution in [1.29, 1.82) is 0 Å². The second-order valence-corrected chi connectivity index (χ2v) is 5.76. The Morgan fingerprint density at radius 2 is 2.14 bits per heavy atom. The van der Waals surface area contributed by atoms with E-state index >= 15 is 0 Å².